The Labute approximate surface area is 190 Å². The monoisotopic (exact) mass is 445 g/mol. The van der Waals surface area contributed by atoms with Crippen molar-refractivity contribution in [2.45, 2.75) is 25.8 Å². The van der Waals surface area contributed by atoms with Crippen molar-refractivity contribution in [3.8, 4) is 11.8 Å². The van der Waals surface area contributed by atoms with Gasteiger partial charge < -0.3 is 4.90 Å². The molecule has 1 fully saturated rings. The molecule has 2 aromatic carbocycles. The third kappa shape index (κ3) is 4.08. The van der Waals surface area contributed by atoms with Gasteiger partial charge in [-0.1, -0.05) is 42.2 Å². The molecule has 2 heterocycles. The second-order valence-electron chi connectivity index (χ2n) is 7.85. The lowest BCUT2D eigenvalue weighted by molar-refractivity contribution is -0.122. The van der Waals surface area contributed by atoms with Crippen LogP contribution in [0.3, 0.4) is 0 Å². The number of hydrogen-bond donors (Lipinski definition) is 0. The van der Waals surface area contributed by atoms with Crippen molar-refractivity contribution in [3.63, 3.8) is 0 Å². The number of halogens is 2. The Kier molecular flexibility index (Phi) is 5.93. The Morgan fingerprint density at radius 3 is 2.27 bits per heavy atom. The number of nitrogens with zero attached hydrogens (tertiary/aromatic N) is 3. The van der Waals surface area contributed by atoms with Crippen LogP contribution < -0.4 is 4.90 Å². The maximum atomic E-state index is 15.0. The van der Waals surface area contributed by atoms with Crippen molar-refractivity contribution < 1.29 is 18.4 Å². The predicted molar refractivity (Wildman–Crippen MR) is 120 cm³/mol. The molecule has 1 unspecified atom stereocenters. The van der Waals surface area contributed by atoms with E-state index in [1.54, 1.807) is 32.2 Å². The van der Waals surface area contributed by atoms with Gasteiger partial charge in [0.15, 0.2) is 11.6 Å². The van der Waals surface area contributed by atoms with E-state index in [-0.39, 0.29) is 18.5 Å². The fourth-order valence-corrected chi connectivity index (χ4v) is 4.10. The van der Waals surface area contributed by atoms with Crippen LogP contribution >= 0.6 is 0 Å². The summed E-state index contributed by atoms with van der Waals surface area (Å²) in [5.41, 5.74) is -0.179. The van der Waals surface area contributed by atoms with Crippen LogP contribution in [-0.2, 0) is 10.3 Å². The maximum absolute atomic E-state index is 15.0. The zero-order valence-electron chi connectivity index (χ0n) is 18.2. The highest BCUT2D eigenvalue weighted by Gasteiger charge is 2.48. The van der Waals surface area contributed by atoms with E-state index >= 15 is 8.78 Å². The largest absolute Gasteiger partial charge is 0.332 e. The maximum Gasteiger partial charge on any atom is 0.332 e. The summed E-state index contributed by atoms with van der Waals surface area (Å²) in [5, 5.41) is 0. The molecule has 3 aromatic rings. The van der Waals surface area contributed by atoms with Crippen LogP contribution in [0.25, 0.3) is 0 Å². The van der Waals surface area contributed by atoms with Gasteiger partial charge in [0.1, 0.15) is 5.69 Å². The quantitative estimate of drug-likeness (QED) is 0.542. The zero-order chi connectivity index (χ0) is 23.6. The van der Waals surface area contributed by atoms with E-state index in [2.05, 4.69) is 16.8 Å². The number of hydrogen-bond acceptors (Lipinski definition) is 3. The summed E-state index contributed by atoms with van der Waals surface area (Å²) in [5.74, 6) is 2.71. The van der Waals surface area contributed by atoms with Crippen molar-refractivity contribution in [2.75, 3.05) is 11.4 Å². The van der Waals surface area contributed by atoms with Crippen LogP contribution in [0.1, 0.15) is 37.0 Å². The normalized spacial score (nSPS) is 18.2. The highest BCUT2D eigenvalue weighted by atomic mass is 19.1. The predicted octanol–water partition coefficient (Wildman–Crippen LogP) is 4.85. The molecule has 7 heteroatoms. The molecule has 0 radical (unpaired) electrons. The topological polar surface area (TPSA) is 53.5 Å². The lowest BCUT2D eigenvalue weighted by atomic mass is 9.84. The van der Waals surface area contributed by atoms with Gasteiger partial charge in [-0.3, -0.25) is 9.78 Å². The standard InChI is InChI=1S/C26H21F2N3O2/c1-3-30-25(33)31(23(32)16-26(30,2)20-9-5-4-6-10-20)24-21(27)14-19(15-22(24)28)12-11-18-8-7-13-29-17-18/h4-10,13-15,17H,3,16H2,1-2H3. The Morgan fingerprint density at radius 1 is 1.00 bits per heavy atom. The summed E-state index contributed by atoms with van der Waals surface area (Å²) < 4.78 is 30.1. The number of aromatic nitrogens is 1. The molecular weight excluding hydrogens is 424 g/mol. The van der Waals surface area contributed by atoms with Crippen LogP contribution in [0.15, 0.2) is 67.0 Å². The number of urea groups is 1. The van der Waals surface area contributed by atoms with E-state index < -0.39 is 34.8 Å². The highest BCUT2D eigenvalue weighted by Crippen LogP contribution is 2.39. The summed E-state index contributed by atoms with van der Waals surface area (Å²) >= 11 is 0. The molecule has 0 N–H and O–H groups in total. The van der Waals surface area contributed by atoms with Crippen molar-refractivity contribution in [1.29, 1.82) is 0 Å². The molecule has 1 aromatic heterocycles. The SMILES string of the molecule is CCN1C(=O)N(c2c(F)cc(C#Cc3cccnc3)cc2F)C(=O)CC1(C)c1ccccc1. The summed E-state index contributed by atoms with van der Waals surface area (Å²) in [6, 6.07) is 13.8. The molecular formula is C26H21F2N3O2. The molecule has 0 saturated carbocycles. The van der Waals surface area contributed by atoms with Gasteiger partial charge in [-0.15, -0.1) is 0 Å². The number of carbonyl (C=O) groups is 2. The molecule has 5 nitrogen and oxygen atoms in total. The molecule has 1 aliphatic rings. The second-order valence-corrected chi connectivity index (χ2v) is 7.85. The van der Waals surface area contributed by atoms with Crippen LogP contribution in [0, 0.1) is 23.5 Å². The van der Waals surface area contributed by atoms with Gasteiger partial charge in [0.2, 0.25) is 5.91 Å². The van der Waals surface area contributed by atoms with Crippen LogP contribution in [0.2, 0.25) is 0 Å². The Morgan fingerprint density at radius 2 is 1.67 bits per heavy atom. The van der Waals surface area contributed by atoms with E-state index in [0.29, 0.717) is 10.5 Å². The zero-order valence-corrected chi connectivity index (χ0v) is 18.2. The van der Waals surface area contributed by atoms with Gasteiger partial charge in [-0.05, 0) is 43.7 Å². The minimum Gasteiger partial charge on any atom is -0.314 e. The Hall–Kier alpha value is -4.05. The van der Waals surface area contributed by atoms with Gasteiger partial charge >= 0.3 is 6.03 Å². The Bertz CT molecular complexity index is 1250. The molecule has 1 atom stereocenters. The first kappa shape index (κ1) is 22.2. The van der Waals surface area contributed by atoms with Crippen molar-refractivity contribution in [1.82, 2.24) is 9.88 Å². The van der Waals surface area contributed by atoms with E-state index in [0.717, 1.165) is 17.7 Å². The van der Waals surface area contributed by atoms with Gasteiger partial charge in [-0.2, -0.15) is 0 Å². The fourth-order valence-electron chi connectivity index (χ4n) is 4.10. The molecule has 166 valence electrons. The first-order valence-electron chi connectivity index (χ1n) is 10.5. The molecule has 3 amide bonds. The number of anilines is 1. The molecule has 4 rings (SSSR count). The van der Waals surface area contributed by atoms with Crippen molar-refractivity contribution >= 4 is 17.6 Å². The number of pyridine rings is 1. The molecule has 1 saturated heterocycles. The molecule has 1 aliphatic heterocycles. The number of carbonyl (C=O) groups excluding carboxylic acids is 2. The van der Waals surface area contributed by atoms with Gasteiger partial charge in [-0.25, -0.2) is 18.5 Å². The highest BCUT2D eigenvalue weighted by molar-refractivity contribution is 6.16. The van der Waals surface area contributed by atoms with Crippen molar-refractivity contribution in [3.05, 3.63) is 95.3 Å². The first-order chi connectivity index (χ1) is 15.8. The third-order valence-corrected chi connectivity index (χ3v) is 5.73. The number of amides is 3. The summed E-state index contributed by atoms with van der Waals surface area (Å²) in [6.07, 6.45) is 3.01. The van der Waals surface area contributed by atoms with Gasteiger partial charge in [0, 0.05) is 30.1 Å². The third-order valence-electron chi connectivity index (χ3n) is 5.73. The summed E-state index contributed by atoms with van der Waals surface area (Å²) in [4.78, 5) is 32.4. The summed E-state index contributed by atoms with van der Waals surface area (Å²) in [7, 11) is 0. The average Bonchev–Trinajstić information content (AvgIpc) is 2.80. The molecule has 0 spiro atoms. The average molecular weight is 445 g/mol. The minimum atomic E-state index is -1.04. The number of imide groups is 1. The molecule has 33 heavy (non-hydrogen) atoms. The molecule has 0 aliphatic carbocycles. The van der Waals surface area contributed by atoms with Crippen LogP contribution in [-0.4, -0.2) is 28.4 Å². The minimum absolute atomic E-state index is 0.0796. The lowest BCUT2D eigenvalue weighted by Crippen LogP contribution is -2.61. The van der Waals surface area contributed by atoms with Gasteiger partial charge in [0.25, 0.3) is 0 Å². The second kappa shape index (κ2) is 8.83. The summed E-state index contributed by atoms with van der Waals surface area (Å²) in [6.45, 7) is 3.80. The Balaban J connectivity index is 1.70. The fraction of sp³-hybridized carbons (Fsp3) is 0.192. The van der Waals surface area contributed by atoms with Crippen LogP contribution in [0.5, 0.6) is 0 Å². The van der Waals surface area contributed by atoms with E-state index in [1.165, 1.54) is 11.1 Å². The van der Waals surface area contributed by atoms with Crippen molar-refractivity contribution in [2.24, 2.45) is 0 Å². The number of rotatable bonds is 3. The van der Waals surface area contributed by atoms with E-state index in [1.807, 2.05) is 30.3 Å². The van der Waals surface area contributed by atoms with Gasteiger partial charge in [0.05, 0.1) is 12.0 Å². The first-order valence-corrected chi connectivity index (χ1v) is 10.5. The van der Waals surface area contributed by atoms with E-state index in [9.17, 15) is 9.59 Å². The van der Waals surface area contributed by atoms with E-state index in [4.69, 9.17) is 0 Å². The lowest BCUT2D eigenvalue weighted by Gasteiger charge is -2.47. The van der Waals surface area contributed by atoms with Crippen LogP contribution in [0.4, 0.5) is 19.3 Å². The molecule has 0 bridgehead atoms. The smallest absolute Gasteiger partial charge is 0.314 e. The number of benzene rings is 2.